The molecule has 0 aliphatic rings. The topological polar surface area (TPSA) is 67.5 Å². The minimum absolute atomic E-state index is 0.140. The van der Waals surface area contributed by atoms with Crippen molar-refractivity contribution in [1.29, 1.82) is 0 Å². The number of nitrogens with one attached hydrogen (secondary N) is 1. The summed E-state index contributed by atoms with van der Waals surface area (Å²) < 4.78 is 7.82. The van der Waals surface area contributed by atoms with E-state index in [1.165, 1.54) is 0 Å². The Morgan fingerprint density at radius 2 is 1.94 bits per heavy atom. The van der Waals surface area contributed by atoms with E-state index in [-0.39, 0.29) is 17.6 Å². The number of halogens is 2. The van der Waals surface area contributed by atoms with Gasteiger partial charge in [-0.25, -0.2) is 0 Å². The molecular formula is C25H29Cl2N3O3. The van der Waals surface area contributed by atoms with E-state index in [1.807, 2.05) is 40.8 Å². The molecular weight excluding hydrogens is 461 g/mol. The fraction of sp³-hybridized carbons (Fsp3) is 0.360. The predicted molar refractivity (Wildman–Crippen MR) is 131 cm³/mol. The molecule has 0 aliphatic carbocycles. The zero-order chi connectivity index (χ0) is 23.8. The predicted octanol–water partition coefficient (Wildman–Crippen LogP) is 5.56. The van der Waals surface area contributed by atoms with Gasteiger partial charge in [-0.2, -0.15) is 0 Å². The Labute approximate surface area is 204 Å². The van der Waals surface area contributed by atoms with Crippen LogP contribution in [0.25, 0.3) is 0 Å². The summed E-state index contributed by atoms with van der Waals surface area (Å²) in [6, 6.07) is 12.8. The van der Waals surface area contributed by atoms with Crippen LogP contribution >= 0.6 is 23.2 Å². The lowest BCUT2D eigenvalue weighted by Crippen LogP contribution is -2.31. The molecule has 33 heavy (non-hydrogen) atoms. The van der Waals surface area contributed by atoms with Crippen molar-refractivity contribution in [2.45, 2.75) is 46.2 Å². The first-order valence-corrected chi connectivity index (χ1v) is 11.9. The Morgan fingerprint density at radius 3 is 2.67 bits per heavy atom. The molecule has 2 amide bonds. The van der Waals surface area contributed by atoms with Crippen LogP contribution in [-0.2, 0) is 24.3 Å². The lowest BCUT2D eigenvalue weighted by atomic mass is 10.1. The molecule has 8 heteroatoms. The molecule has 3 aromatic rings. The maximum Gasteiger partial charge on any atom is 0.287 e. The highest BCUT2D eigenvalue weighted by Crippen LogP contribution is 2.21. The first-order chi connectivity index (χ1) is 15.9. The minimum atomic E-state index is -0.276. The summed E-state index contributed by atoms with van der Waals surface area (Å²) in [5.74, 6) is 0.792. The minimum Gasteiger partial charge on any atom is -0.454 e. The number of hydrogen-bond acceptors (Lipinski definition) is 3. The molecule has 1 N–H and O–H groups in total. The third kappa shape index (κ3) is 6.89. The van der Waals surface area contributed by atoms with E-state index in [0.29, 0.717) is 48.3 Å². The number of furan rings is 1. The highest BCUT2D eigenvalue weighted by atomic mass is 35.5. The van der Waals surface area contributed by atoms with Gasteiger partial charge in [-0.15, -0.1) is 0 Å². The summed E-state index contributed by atoms with van der Waals surface area (Å²) in [4.78, 5) is 26.6. The van der Waals surface area contributed by atoms with Crippen molar-refractivity contribution in [2.24, 2.45) is 0 Å². The SMILES string of the molecule is CCCN(Cc1cccn1Cc1ccc(C(=O)NCCc2ccc(Cl)cc2Cl)o1)C(=O)CC. The van der Waals surface area contributed by atoms with Crippen LogP contribution < -0.4 is 5.32 Å². The summed E-state index contributed by atoms with van der Waals surface area (Å²) in [5, 5.41) is 4.02. The second-order valence-electron chi connectivity index (χ2n) is 7.80. The summed E-state index contributed by atoms with van der Waals surface area (Å²) >= 11 is 12.1. The second-order valence-corrected chi connectivity index (χ2v) is 8.65. The van der Waals surface area contributed by atoms with Crippen molar-refractivity contribution in [2.75, 3.05) is 13.1 Å². The van der Waals surface area contributed by atoms with Crippen molar-refractivity contribution in [3.63, 3.8) is 0 Å². The van der Waals surface area contributed by atoms with E-state index in [9.17, 15) is 9.59 Å². The van der Waals surface area contributed by atoms with Crippen molar-refractivity contribution in [1.82, 2.24) is 14.8 Å². The van der Waals surface area contributed by atoms with Gasteiger partial charge in [0.05, 0.1) is 13.1 Å². The fourth-order valence-corrected chi connectivity index (χ4v) is 4.11. The van der Waals surface area contributed by atoms with Crippen molar-refractivity contribution < 1.29 is 14.0 Å². The van der Waals surface area contributed by atoms with Crippen LogP contribution in [0.3, 0.4) is 0 Å². The number of carbonyl (C=O) groups is 2. The van der Waals surface area contributed by atoms with Gasteiger partial charge >= 0.3 is 0 Å². The van der Waals surface area contributed by atoms with E-state index in [4.69, 9.17) is 27.6 Å². The Bertz CT molecular complexity index is 1090. The lowest BCUT2D eigenvalue weighted by Gasteiger charge is -2.22. The molecule has 0 saturated heterocycles. The van der Waals surface area contributed by atoms with E-state index in [0.717, 1.165) is 24.2 Å². The molecule has 2 aromatic heterocycles. The van der Waals surface area contributed by atoms with E-state index in [1.54, 1.807) is 24.3 Å². The first kappa shape index (κ1) is 24.9. The van der Waals surface area contributed by atoms with Gasteiger partial charge in [-0.3, -0.25) is 9.59 Å². The molecule has 0 unspecified atom stereocenters. The Hall–Kier alpha value is -2.70. The molecule has 0 radical (unpaired) electrons. The van der Waals surface area contributed by atoms with Gasteiger partial charge in [-0.1, -0.05) is 43.1 Å². The van der Waals surface area contributed by atoms with Crippen LogP contribution in [0.1, 0.15) is 54.3 Å². The molecule has 0 bridgehead atoms. The quantitative estimate of drug-likeness (QED) is 0.383. The van der Waals surface area contributed by atoms with Gasteiger partial charge in [-0.05, 0) is 54.8 Å². The molecule has 0 saturated carbocycles. The van der Waals surface area contributed by atoms with Gasteiger partial charge in [0, 0.05) is 41.4 Å². The molecule has 0 fully saturated rings. The normalized spacial score (nSPS) is 10.9. The summed E-state index contributed by atoms with van der Waals surface area (Å²) in [6.45, 7) is 6.13. The van der Waals surface area contributed by atoms with Gasteiger partial charge in [0.15, 0.2) is 5.76 Å². The second kappa shape index (κ2) is 12.0. The number of rotatable bonds is 11. The molecule has 1 aromatic carbocycles. The number of hydrogen-bond donors (Lipinski definition) is 1. The highest BCUT2D eigenvalue weighted by molar-refractivity contribution is 6.35. The summed E-state index contributed by atoms with van der Waals surface area (Å²) in [7, 11) is 0. The van der Waals surface area contributed by atoms with E-state index < -0.39 is 0 Å². The number of amides is 2. The van der Waals surface area contributed by atoms with Crippen molar-refractivity contribution in [3.8, 4) is 0 Å². The van der Waals surface area contributed by atoms with Gasteiger partial charge in [0.25, 0.3) is 5.91 Å². The van der Waals surface area contributed by atoms with Crippen LogP contribution in [0.2, 0.25) is 10.0 Å². The van der Waals surface area contributed by atoms with Crippen LogP contribution in [0.15, 0.2) is 53.1 Å². The number of carbonyl (C=O) groups excluding carboxylic acids is 2. The zero-order valence-electron chi connectivity index (χ0n) is 18.9. The Kier molecular flexibility index (Phi) is 9.03. The van der Waals surface area contributed by atoms with Gasteiger partial charge in [0.2, 0.25) is 5.91 Å². The fourth-order valence-electron chi connectivity index (χ4n) is 3.60. The number of benzene rings is 1. The largest absolute Gasteiger partial charge is 0.454 e. The highest BCUT2D eigenvalue weighted by Gasteiger charge is 2.15. The van der Waals surface area contributed by atoms with E-state index in [2.05, 4.69) is 12.2 Å². The molecule has 0 aliphatic heterocycles. The average molecular weight is 490 g/mol. The lowest BCUT2D eigenvalue weighted by molar-refractivity contribution is -0.131. The molecule has 0 atom stereocenters. The smallest absolute Gasteiger partial charge is 0.287 e. The van der Waals surface area contributed by atoms with Crippen molar-refractivity contribution in [3.05, 3.63) is 81.5 Å². The van der Waals surface area contributed by atoms with Gasteiger partial charge < -0.3 is 19.2 Å². The molecule has 6 nitrogen and oxygen atoms in total. The van der Waals surface area contributed by atoms with E-state index >= 15 is 0 Å². The monoisotopic (exact) mass is 489 g/mol. The van der Waals surface area contributed by atoms with Crippen LogP contribution in [0.5, 0.6) is 0 Å². The maximum atomic E-state index is 12.5. The third-order valence-corrected chi connectivity index (χ3v) is 5.92. The summed E-state index contributed by atoms with van der Waals surface area (Å²) in [5.41, 5.74) is 1.94. The van der Waals surface area contributed by atoms with Gasteiger partial charge in [0.1, 0.15) is 5.76 Å². The third-order valence-electron chi connectivity index (χ3n) is 5.33. The number of nitrogens with zero attached hydrogens (tertiary/aromatic N) is 2. The summed E-state index contributed by atoms with van der Waals surface area (Å²) in [6.07, 6.45) is 3.94. The first-order valence-electron chi connectivity index (χ1n) is 11.1. The Balaban J connectivity index is 1.57. The molecule has 176 valence electrons. The zero-order valence-corrected chi connectivity index (χ0v) is 20.5. The standard InChI is InChI=1S/C25H29Cl2N3O3/c1-3-13-30(24(31)4-2)16-20-6-5-14-29(20)17-21-9-10-23(33-21)25(32)28-12-11-18-7-8-19(26)15-22(18)27/h5-10,14-15H,3-4,11-13,16-17H2,1-2H3,(H,28,32). The molecule has 3 rings (SSSR count). The average Bonchev–Trinajstić information content (AvgIpc) is 3.44. The van der Waals surface area contributed by atoms with Crippen LogP contribution in [-0.4, -0.2) is 34.4 Å². The number of aromatic nitrogens is 1. The van der Waals surface area contributed by atoms with Crippen LogP contribution in [0.4, 0.5) is 0 Å². The molecule has 2 heterocycles. The Morgan fingerprint density at radius 1 is 1.12 bits per heavy atom. The maximum absolute atomic E-state index is 12.5. The van der Waals surface area contributed by atoms with Crippen LogP contribution in [0, 0.1) is 0 Å². The van der Waals surface area contributed by atoms with Crippen molar-refractivity contribution >= 4 is 35.0 Å². The molecule has 0 spiro atoms.